The second-order valence-corrected chi connectivity index (χ2v) is 10.3. The second-order valence-electron chi connectivity index (χ2n) is 9.02. The van der Waals surface area contributed by atoms with Crippen molar-refractivity contribution in [2.24, 2.45) is 5.41 Å². The molecule has 0 aliphatic carbocycles. The number of amides is 1. The molecule has 0 bridgehead atoms. The molecular weight excluding hydrogens is 382 g/mol. The summed E-state index contributed by atoms with van der Waals surface area (Å²) in [6.45, 7) is 13.5. The van der Waals surface area contributed by atoms with Gasteiger partial charge in [-0.3, -0.25) is 4.79 Å². The van der Waals surface area contributed by atoms with Crippen LogP contribution in [0.1, 0.15) is 66.3 Å². The average molecular weight is 416 g/mol. The average Bonchev–Trinajstić information content (AvgIpc) is 3.41. The first-order chi connectivity index (χ1) is 13.9. The molecule has 0 N–H and O–H groups in total. The summed E-state index contributed by atoms with van der Waals surface area (Å²) in [6.07, 6.45) is 5.15. The maximum absolute atomic E-state index is 13.3. The first-order valence-corrected chi connectivity index (χ1v) is 11.7. The first kappa shape index (κ1) is 20.5. The van der Waals surface area contributed by atoms with Gasteiger partial charge < -0.3 is 14.4 Å². The summed E-state index contributed by atoms with van der Waals surface area (Å²) in [5.41, 5.74) is 0.103. The van der Waals surface area contributed by atoms with Crippen LogP contribution in [0.25, 0.3) is 0 Å². The lowest BCUT2D eigenvalue weighted by Gasteiger charge is -2.43. The second kappa shape index (κ2) is 8.19. The summed E-state index contributed by atoms with van der Waals surface area (Å²) in [7, 11) is 0. The van der Waals surface area contributed by atoms with E-state index in [1.54, 1.807) is 11.3 Å². The molecule has 1 spiro atoms. The maximum Gasteiger partial charge on any atom is 0.263 e. The molecule has 4 rings (SSSR count). The van der Waals surface area contributed by atoms with E-state index in [0.717, 1.165) is 62.7 Å². The molecule has 1 unspecified atom stereocenters. The first-order valence-electron chi connectivity index (χ1n) is 10.9. The molecular formula is C22H33N5OS. The topological polar surface area (TPSA) is 54.3 Å². The Morgan fingerprint density at radius 2 is 2.07 bits per heavy atom. The number of nitrogens with zero attached hydrogens (tertiary/aromatic N) is 5. The van der Waals surface area contributed by atoms with Gasteiger partial charge in [0.25, 0.3) is 5.91 Å². The Labute approximate surface area is 177 Å². The van der Waals surface area contributed by atoms with Gasteiger partial charge in [-0.25, -0.2) is 0 Å². The fraction of sp³-hybridized carbons (Fsp3) is 0.682. The minimum Gasteiger partial charge on any atom is -0.337 e. The Kier molecular flexibility index (Phi) is 5.80. The van der Waals surface area contributed by atoms with E-state index < -0.39 is 0 Å². The van der Waals surface area contributed by atoms with Crippen molar-refractivity contribution in [2.75, 3.05) is 26.2 Å². The molecule has 2 aromatic heterocycles. The monoisotopic (exact) mass is 415 g/mol. The molecule has 158 valence electrons. The molecule has 2 aromatic rings. The van der Waals surface area contributed by atoms with Crippen LogP contribution in [-0.4, -0.2) is 62.7 Å². The third-order valence-electron chi connectivity index (χ3n) is 6.83. The van der Waals surface area contributed by atoms with Crippen LogP contribution in [-0.2, 0) is 6.54 Å². The molecule has 6 nitrogen and oxygen atoms in total. The van der Waals surface area contributed by atoms with E-state index in [-0.39, 0.29) is 17.2 Å². The maximum atomic E-state index is 13.3. The van der Waals surface area contributed by atoms with E-state index in [9.17, 15) is 4.79 Å². The number of aromatic nitrogens is 3. The highest BCUT2D eigenvalue weighted by atomic mass is 32.1. The number of hydrogen-bond donors (Lipinski definition) is 0. The van der Waals surface area contributed by atoms with Gasteiger partial charge in [0.05, 0.1) is 4.88 Å². The quantitative estimate of drug-likeness (QED) is 0.746. The summed E-state index contributed by atoms with van der Waals surface area (Å²) >= 11 is 1.60. The van der Waals surface area contributed by atoms with Crippen molar-refractivity contribution in [3.63, 3.8) is 0 Å². The molecule has 2 fully saturated rings. The smallest absolute Gasteiger partial charge is 0.263 e. The molecule has 0 radical (unpaired) electrons. The van der Waals surface area contributed by atoms with Crippen LogP contribution in [0.3, 0.4) is 0 Å². The number of likely N-dealkylation sites (tertiary alicyclic amines) is 2. The molecule has 2 aliphatic rings. The third-order valence-corrected chi connectivity index (χ3v) is 7.82. The Morgan fingerprint density at radius 3 is 2.69 bits per heavy atom. The molecule has 29 heavy (non-hydrogen) atoms. The van der Waals surface area contributed by atoms with Gasteiger partial charge in [0, 0.05) is 41.9 Å². The lowest BCUT2D eigenvalue weighted by Crippen LogP contribution is -2.46. The molecule has 0 aromatic carbocycles. The van der Waals surface area contributed by atoms with Crippen molar-refractivity contribution in [3.8, 4) is 0 Å². The van der Waals surface area contributed by atoms with Crippen LogP contribution in [0, 0.1) is 12.3 Å². The van der Waals surface area contributed by atoms with Gasteiger partial charge in [0.15, 0.2) is 0 Å². The van der Waals surface area contributed by atoms with Crippen molar-refractivity contribution in [3.05, 3.63) is 34.0 Å². The zero-order valence-corrected chi connectivity index (χ0v) is 18.9. The SMILES string of the molecule is CCCn1cnnc1C1CN(C(=O)c2ccc(C)s2)CC12CCN(C(C)C)CC2. The van der Waals surface area contributed by atoms with Crippen LogP contribution in [0.2, 0.25) is 0 Å². The van der Waals surface area contributed by atoms with E-state index in [0.29, 0.717) is 6.04 Å². The molecule has 2 aliphatic heterocycles. The molecule has 4 heterocycles. The lowest BCUT2D eigenvalue weighted by molar-refractivity contribution is 0.0648. The van der Waals surface area contributed by atoms with Gasteiger partial charge in [-0.1, -0.05) is 6.92 Å². The van der Waals surface area contributed by atoms with E-state index in [4.69, 9.17) is 0 Å². The lowest BCUT2D eigenvalue weighted by atomic mass is 9.70. The van der Waals surface area contributed by atoms with Crippen molar-refractivity contribution < 1.29 is 4.79 Å². The number of hydrogen-bond acceptors (Lipinski definition) is 5. The van der Waals surface area contributed by atoms with E-state index in [1.165, 1.54) is 4.88 Å². The number of piperidine rings is 1. The van der Waals surface area contributed by atoms with E-state index >= 15 is 0 Å². The van der Waals surface area contributed by atoms with Gasteiger partial charge in [0.2, 0.25) is 0 Å². The van der Waals surface area contributed by atoms with Crippen molar-refractivity contribution in [2.45, 2.75) is 65.5 Å². The van der Waals surface area contributed by atoms with Gasteiger partial charge >= 0.3 is 0 Å². The predicted octanol–water partition coefficient (Wildman–Crippen LogP) is 3.79. The number of carbonyl (C=O) groups excluding carboxylic acids is 1. The van der Waals surface area contributed by atoms with Crippen molar-refractivity contribution in [1.29, 1.82) is 0 Å². The Balaban J connectivity index is 1.63. The van der Waals surface area contributed by atoms with E-state index in [1.807, 2.05) is 18.5 Å². The number of carbonyl (C=O) groups is 1. The highest BCUT2D eigenvalue weighted by molar-refractivity contribution is 7.13. The Morgan fingerprint density at radius 1 is 1.31 bits per heavy atom. The third kappa shape index (κ3) is 3.87. The van der Waals surface area contributed by atoms with Crippen LogP contribution in [0.5, 0.6) is 0 Å². The minimum absolute atomic E-state index is 0.103. The minimum atomic E-state index is 0.103. The van der Waals surface area contributed by atoms with Crippen LogP contribution < -0.4 is 0 Å². The van der Waals surface area contributed by atoms with Crippen molar-refractivity contribution >= 4 is 17.2 Å². The number of rotatable bonds is 5. The summed E-state index contributed by atoms with van der Waals surface area (Å²) < 4.78 is 2.21. The summed E-state index contributed by atoms with van der Waals surface area (Å²) in [5, 5.41) is 8.79. The van der Waals surface area contributed by atoms with Gasteiger partial charge in [0.1, 0.15) is 12.2 Å². The summed E-state index contributed by atoms with van der Waals surface area (Å²) in [4.78, 5) is 20.0. The largest absolute Gasteiger partial charge is 0.337 e. The van der Waals surface area contributed by atoms with Crippen molar-refractivity contribution in [1.82, 2.24) is 24.6 Å². The van der Waals surface area contributed by atoms with Gasteiger partial charge in [-0.05, 0) is 65.3 Å². The van der Waals surface area contributed by atoms with Gasteiger partial charge in [-0.15, -0.1) is 21.5 Å². The molecule has 0 saturated carbocycles. The fourth-order valence-electron chi connectivity index (χ4n) is 5.12. The zero-order valence-electron chi connectivity index (χ0n) is 18.1. The Bertz CT molecular complexity index is 849. The highest BCUT2D eigenvalue weighted by Crippen LogP contribution is 2.50. The molecule has 1 amide bonds. The van der Waals surface area contributed by atoms with E-state index in [2.05, 4.69) is 52.3 Å². The number of thiophene rings is 1. The summed E-state index contributed by atoms with van der Waals surface area (Å²) in [6, 6.07) is 4.59. The molecule has 1 atom stereocenters. The number of aryl methyl sites for hydroxylation is 2. The van der Waals surface area contributed by atoms with Crippen LogP contribution in [0.15, 0.2) is 18.5 Å². The normalized spacial score (nSPS) is 22.1. The van der Waals surface area contributed by atoms with Crippen LogP contribution in [0.4, 0.5) is 0 Å². The molecule has 2 saturated heterocycles. The standard InChI is InChI=1S/C22H33N5OS/c1-5-10-26-15-23-24-20(26)18-13-27(21(28)19-7-6-17(4)29-19)14-22(18)8-11-25(12-9-22)16(2)3/h6-7,15-16,18H,5,8-14H2,1-4H3. The summed E-state index contributed by atoms with van der Waals surface area (Å²) in [5.74, 6) is 1.51. The highest BCUT2D eigenvalue weighted by Gasteiger charge is 2.51. The predicted molar refractivity (Wildman–Crippen MR) is 116 cm³/mol. The van der Waals surface area contributed by atoms with Gasteiger partial charge in [-0.2, -0.15) is 0 Å². The Hall–Kier alpha value is -1.73. The molecule has 7 heteroatoms. The zero-order chi connectivity index (χ0) is 20.6. The fourth-order valence-corrected chi connectivity index (χ4v) is 5.96. The van der Waals surface area contributed by atoms with Crippen LogP contribution >= 0.6 is 11.3 Å².